The molecular formula is C21H31FN2O3. The van der Waals surface area contributed by atoms with Gasteiger partial charge in [0.1, 0.15) is 11.6 Å². The van der Waals surface area contributed by atoms with Gasteiger partial charge in [0.25, 0.3) is 0 Å². The van der Waals surface area contributed by atoms with Crippen LogP contribution < -0.4 is 4.74 Å². The van der Waals surface area contributed by atoms with Crippen molar-refractivity contribution in [1.29, 1.82) is 0 Å². The van der Waals surface area contributed by atoms with Crippen LogP contribution in [-0.2, 0) is 4.74 Å². The third kappa shape index (κ3) is 4.80. The number of morpholine rings is 1. The fourth-order valence-electron chi connectivity index (χ4n) is 5.00. The van der Waals surface area contributed by atoms with E-state index >= 15 is 0 Å². The van der Waals surface area contributed by atoms with Crippen LogP contribution >= 0.6 is 0 Å². The predicted molar refractivity (Wildman–Crippen MR) is 101 cm³/mol. The highest BCUT2D eigenvalue weighted by Crippen LogP contribution is 2.38. The molecule has 0 amide bonds. The highest BCUT2D eigenvalue weighted by atomic mass is 19.1. The molecule has 4 rings (SSSR count). The van der Waals surface area contributed by atoms with Gasteiger partial charge in [-0.05, 0) is 55.4 Å². The smallest absolute Gasteiger partial charge is 0.123 e. The number of aliphatic hydroxyl groups excluding tert-OH is 1. The van der Waals surface area contributed by atoms with Gasteiger partial charge in [-0.15, -0.1) is 0 Å². The Labute approximate surface area is 161 Å². The summed E-state index contributed by atoms with van der Waals surface area (Å²) in [6, 6.07) is 6.50. The van der Waals surface area contributed by atoms with Crippen molar-refractivity contribution in [1.82, 2.24) is 9.80 Å². The second kappa shape index (κ2) is 8.86. The van der Waals surface area contributed by atoms with E-state index in [1.165, 1.54) is 12.1 Å². The summed E-state index contributed by atoms with van der Waals surface area (Å²) >= 11 is 0. The molecule has 0 spiro atoms. The van der Waals surface area contributed by atoms with Gasteiger partial charge in [-0.25, -0.2) is 4.39 Å². The Hall–Kier alpha value is -1.21. The Morgan fingerprint density at radius 1 is 1.07 bits per heavy atom. The molecule has 4 atom stereocenters. The fraction of sp³-hybridized carbons (Fsp3) is 0.714. The minimum absolute atomic E-state index is 0.203. The van der Waals surface area contributed by atoms with Crippen LogP contribution in [0.4, 0.5) is 4.39 Å². The maximum Gasteiger partial charge on any atom is 0.123 e. The molecule has 1 N–H and O–H groups in total. The molecule has 1 aromatic rings. The van der Waals surface area contributed by atoms with Gasteiger partial charge in [-0.2, -0.15) is 0 Å². The quantitative estimate of drug-likeness (QED) is 0.767. The minimum Gasteiger partial charge on any atom is -0.494 e. The van der Waals surface area contributed by atoms with Crippen LogP contribution in [-0.4, -0.2) is 79.6 Å². The average molecular weight is 378 g/mol. The summed E-state index contributed by atoms with van der Waals surface area (Å²) in [7, 11) is 0. The molecule has 3 fully saturated rings. The number of ether oxygens (including phenoxy) is 2. The third-order valence-corrected chi connectivity index (χ3v) is 6.40. The van der Waals surface area contributed by atoms with Gasteiger partial charge in [0.2, 0.25) is 0 Å². The monoisotopic (exact) mass is 378 g/mol. The van der Waals surface area contributed by atoms with Crippen molar-refractivity contribution >= 4 is 0 Å². The molecule has 1 aromatic carbocycles. The largest absolute Gasteiger partial charge is 0.494 e. The van der Waals surface area contributed by atoms with Crippen LogP contribution in [0.3, 0.4) is 0 Å². The normalized spacial score (nSPS) is 32.4. The van der Waals surface area contributed by atoms with Gasteiger partial charge in [0, 0.05) is 38.8 Å². The van der Waals surface area contributed by atoms with Crippen molar-refractivity contribution in [2.24, 2.45) is 11.8 Å². The third-order valence-electron chi connectivity index (χ3n) is 6.40. The minimum atomic E-state index is -0.236. The highest BCUT2D eigenvalue weighted by molar-refractivity contribution is 5.21. The van der Waals surface area contributed by atoms with Crippen LogP contribution in [0.25, 0.3) is 0 Å². The number of rotatable bonds is 6. The van der Waals surface area contributed by atoms with E-state index in [0.29, 0.717) is 24.5 Å². The van der Waals surface area contributed by atoms with Gasteiger partial charge >= 0.3 is 0 Å². The number of aliphatic hydroxyl groups is 1. The van der Waals surface area contributed by atoms with Crippen LogP contribution in [0.5, 0.6) is 5.75 Å². The summed E-state index contributed by atoms with van der Waals surface area (Å²) in [5.74, 6) is 1.80. The number of fused-ring (bicyclic) bond motifs is 1. The first-order valence-corrected chi connectivity index (χ1v) is 10.3. The number of hydrogen-bond acceptors (Lipinski definition) is 5. The SMILES string of the molecule is O[C@@H]1C[C@H]2CN(CCCOc3ccc(F)cc3)C[C@H]2C[C@H]1N1CCOCC1. The van der Waals surface area contributed by atoms with Gasteiger partial charge in [-0.3, -0.25) is 4.90 Å². The standard InChI is InChI=1S/C21H31FN2O3/c22-18-2-4-19(5-3-18)27-9-1-6-23-14-16-12-20(21(25)13-17(16)15-23)24-7-10-26-11-8-24/h2-5,16-17,20-21,25H,1,6-15H2/t16-,17+,20-,21-/m1/s1. The van der Waals surface area contributed by atoms with E-state index in [0.717, 1.165) is 70.9 Å². The lowest BCUT2D eigenvalue weighted by atomic mass is 9.77. The molecular weight excluding hydrogens is 347 g/mol. The Balaban J connectivity index is 1.20. The number of hydrogen-bond donors (Lipinski definition) is 1. The summed E-state index contributed by atoms with van der Waals surface area (Å²) in [5, 5.41) is 10.7. The van der Waals surface area contributed by atoms with Crippen LogP contribution in [0.1, 0.15) is 19.3 Å². The fourth-order valence-corrected chi connectivity index (χ4v) is 5.00. The zero-order valence-electron chi connectivity index (χ0n) is 15.9. The molecule has 3 aliphatic rings. The van der Waals surface area contributed by atoms with Crippen molar-refractivity contribution in [2.75, 3.05) is 52.5 Å². The lowest BCUT2D eigenvalue weighted by molar-refractivity contribution is -0.0520. The van der Waals surface area contributed by atoms with Crippen LogP contribution in [0, 0.1) is 17.7 Å². The van der Waals surface area contributed by atoms with E-state index in [2.05, 4.69) is 9.80 Å². The molecule has 150 valence electrons. The molecule has 2 aliphatic heterocycles. The Morgan fingerprint density at radius 3 is 2.52 bits per heavy atom. The van der Waals surface area contributed by atoms with Crippen LogP contribution in [0.2, 0.25) is 0 Å². The summed E-state index contributed by atoms with van der Waals surface area (Å²) in [6.45, 7) is 7.37. The molecule has 0 bridgehead atoms. The highest BCUT2D eigenvalue weighted by Gasteiger charge is 2.43. The summed E-state index contributed by atoms with van der Waals surface area (Å²) < 4.78 is 24.1. The Morgan fingerprint density at radius 2 is 1.78 bits per heavy atom. The first kappa shape index (κ1) is 19.1. The second-order valence-corrected chi connectivity index (χ2v) is 8.19. The van der Waals surface area contributed by atoms with E-state index in [4.69, 9.17) is 9.47 Å². The van der Waals surface area contributed by atoms with Gasteiger partial charge in [-0.1, -0.05) is 0 Å². The van der Waals surface area contributed by atoms with Crippen molar-refractivity contribution in [3.8, 4) is 5.75 Å². The molecule has 2 saturated heterocycles. The van der Waals surface area contributed by atoms with E-state index in [1.807, 2.05) is 0 Å². The number of likely N-dealkylation sites (tertiary alicyclic amines) is 1. The molecule has 27 heavy (non-hydrogen) atoms. The predicted octanol–water partition coefficient (Wildman–Crippen LogP) is 2.00. The molecule has 1 aliphatic carbocycles. The summed E-state index contributed by atoms with van der Waals surface area (Å²) in [5.41, 5.74) is 0. The topological polar surface area (TPSA) is 45.2 Å². The number of nitrogens with zero attached hydrogens (tertiary/aromatic N) is 2. The molecule has 5 nitrogen and oxygen atoms in total. The Bertz CT molecular complexity index is 594. The average Bonchev–Trinajstić information content (AvgIpc) is 3.08. The molecule has 0 radical (unpaired) electrons. The van der Waals surface area contributed by atoms with Crippen molar-refractivity contribution in [2.45, 2.75) is 31.4 Å². The lowest BCUT2D eigenvalue weighted by Gasteiger charge is -2.43. The van der Waals surface area contributed by atoms with E-state index in [1.54, 1.807) is 12.1 Å². The number of benzene rings is 1. The zero-order valence-corrected chi connectivity index (χ0v) is 15.9. The molecule has 0 unspecified atom stereocenters. The molecule has 6 heteroatoms. The Kier molecular flexibility index (Phi) is 6.28. The van der Waals surface area contributed by atoms with Crippen molar-refractivity contribution in [3.05, 3.63) is 30.1 Å². The number of halogens is 1. The molecule has 1 saturated carbocycles. The maximum absolute atomic E-state index is 12.9. The van der Waals surface area contributed by atoms with Gasteiger partial charge < -0.3 is 19.5 Å². The van der Waals surface area contributed by atoms with Crippen LogP contribution in [0.15, 0.2) is 24.3 Å². The van der Waals surface area contributed by atoms with E-state index in [-0.39, 0.29) is 11.9 Å². The van der Waals surface area contributed by atoms with E-state index < -0.39 is 0 Å². The first-order chi connectivity index (χ1) is 13.2. The summed E-state index contributed by atoms with van der Waals surface area (Å²) in [6.07, 6.45) is 2.79. The summed E-state index contributed by atoms with van der Waals surface area (Å²) in [4.78, 5) is 4.96. The zero-order chi connectivity index (χ0) is 18.6. The van der Waals surface area contributed by atoms with E-state index in [9.17, 15) is 9.50 Å². The molecule has 0 aromatic heterocycles. The van der Waals surface area contributed by atoms with Gasteiger partial charge in [0.05, 0.1) is 25.9 Å². The maximum atomic E-state index is 12.9. The van der Waals surface area contributed by atoms with Gasteiger partial charge in [0.15, 0.2) is 0 Å². The lowest BCUT2D eigenvalue weighted by Crippen LogP contribution is -2.53. The molecule has 2 heterocycles. The van der Waals surface area contributed by atoms with Crippen molar-refractivity contribution in [3.63, 3.8) is 0 Å². The second-order valence-electron chi connectivity index (χ2n) is 8.19. The first-order valence-electron chi connectivity index (χ1n) is 10.3. The van der Waals surface area contributed by atoms with Crippen molar-refractivity contribution < 1.29 is 19.0 Å².